The van der Waals surface area contributed by atoms with Crippen molar-refractivity contribution in [2.24, 2.45) is 5.73 Å². The smallest absolute Gasteiger partial charge is 0.276 e. The van der Waals surface area contributed by atoms with Gasteiger partial charge in [-0.15, -0.1) is 11.3 Å². The molecular weight excluding hydrogens is 364 g/mol. The second kappa shape index (κ2) is 6.78. The summed E-state index contributed by atoms with van der Waals surface area (Å²) in [6.45, 7) is 5.75. The molecule has 1 fully saturated rings. The van der Waals surface area contributed by atoms with Crippen molar-refractivity contribution in [1.29, 1.82) is 0 Å². The number of nitrogens with two attached hydrogens (primary N) is 1. The number of aromatic nitrogens is 1. The van der Waals surface area contributed by atoms with Crippen LogP contribution in [-0.2, 0) is 4.79 Å². The highest BCUT2D eigenvalue weighted by molar-refractivity contribution is 7.19. The second-order valence-corrected chi connectivity index (χ2v) is 8.10. The fraction of sp³-hybridized carbons (Fsp3) is 0.438. The van der Waals surface area contributed by atoms with E-state index in [1.54, 1.807) is 30.9 Å². The van der Waals surface area contributed by atoms with Gasteiger partial charge in [0.15, 0.2) is 11.5 Å². The lowest BCUT2D eigenvalue weighted by molar-refractivity contribution is -0.129. The van der Waals surface area contributed by atoms with Gasteiger partial charge in [0.1, 0.15) is 0 Å². The Morgan fingerprint density at radius 3 is 2.52 bits per heavy atom. The van der Waals surface area contributed by atoms with Gasteiger partial charge in [0.2, 0.25) is 5.91 Å². The number of hydrogen-bond acceptors (Lipinski definition) is 6. The molecule has 2 amide bonds. The van der Waals surface area contributed by atoms with Gasteiger partial charge in [-0.3, -0.25) is 14.5 Å². The SMILES string of the molecule is CC(C)(C(N)=O)N1CCN(C(=O)c2cc(-c3ccc(Cl)s3)on2)CC1. The molecule has 0 radical (unpaired) electrons. The van der Waals surface area contributed by atoms with Crippen LogP contribution in [0.4, 0.5) is 0 Å². The second-order valence-electron chi connectivity index (χ2n) is 6.38. The van der Waals surface area contributed by atoms with E-state index in [0.717, 1.165) is 4.88 Å². The van der Waals surface area contributed by atoms with Crippen LogP contribution < -0.4 is 5.73 Å². The average Bonchev–Trinajstić information content (AvgIpc) is 3.23. The molecule has 1 aliphatic rings. The fourth-order valence-corrected chi connectivity index (χ4v) is 3.72. The molecule has 9 heteroatoms. The number of primary amides is 1. The lowest BCUT2D eigenvalue weighted by Gasteiger charge is -2.42. The highest BCUT2D eigenvalue weighted by atomic mass is 35.5. The summed E-state index contributed by atoms with van der Waals surface area (Å²) in [5, 5.41) is 3.88. The van der Waals surface area contributed by atoms with Crippen molar-refractivity contribution in [2.45, 2.75) is 19.4 Å². The standard InChI is InChI=1S/C16H19ClN4O3S/c1-16(2,15(18)23)21-7-5-20(6-8-21)14(22)10-9-11(24-19-10)12-3-4-13(17)25-12/h3-4,9H,5-8H2,1-2H3,(H2,18,23). The summed E-state index contributed by atoms with van der Waals surface area (Å²) in [4.78, 5) is 28.7. The first kappa shape index (κ1) is 17.9. The van der Waals surface area contributed by atoms with E-state index >= 15 is 0 Å². The molecule has 1 aliphatic heterocycles. The Bertz CT molecular complexity index is 793. The van der Waals surface area contributed by atoms with Gasteiger partial charge in [-0.1, -0.05) is 16.8 Å². The summed E-state index contributed by atoms with van der Waals surface area (Å²) in [7, 11) is 0. The van der Waals surface area contributed by atoms with E-state index in [0.29, 0.717) is 36.3 Å². The van der Waals surface area contributed by atoms with Crippen LogP contribution in [0.2, 0.25) is 4.34 Å². The van der Waals surface area contributed by atoms with E-state index in [2.05, 4.69) is 5.16 Å². The molecule has 0 spiro atoms. The number of carbonyl (C=O) groups excluding carboxylic acids is 2. The van der Waals surface area contributed by atoms with Crippen LogP contribution in [0, 0.1) is 0 Å². The summed E-state index contributed by atoms with van der Waals surface area (Å²) < 4.78 is 5.91. The number of piperazine rings is 1. The van der Waals surface area contributed by atoms with E-state index in [9.17, 15) is 9.59 Å². The lowest BCUT2D eigenvalue weighted by atomic mass is 10.0. The van der Waals surface area contributed by atoms with Gasteiger partial charge in [-0.05, 0) is 26.0 Å². The molecule has 0 bridgehead atoms. The van der Waals surface area contributed by atoms with E-state index < -0.39 is 5.54 Å². The molecule has 0 unspecified atom stereocenters. The topological polar surface area (TPSA) is 92.7 Å². The summed E-state index contributed by atoms with van der Waals surface area (Å²) in [6, 6.07) is 5.22. The van der Waals surface area contributed by atoms with Crippen LogP contribution in [0.15, 0.2) is 22.7 Å². The number of rotatable bonds is 4. The molecule has 2 aromatic rings. The van der Waals surface area contributed by atoms with Gasteiger partial charge in [-0.25, -0.2) is 0 Å². The minimum atomic E-state index is -0.728. The number of nitrogens with zero attached hydrogens (tertiary/aromatic N) is 3. The molecule has 2 N–H and O–H groups in total. The van der Waals surface area contributed by atoms with Crippen molar-refractivity contribution >= 4 is 34.8 Å². The van der Waals surface area contributed by atoms with Crippen molar-refractivity contribution in [1.82, 2.24) is 15.0 Å². The van der Waals surface area contributed by atoms with Crippen LogP contribution in [0.25, 0.3) is 10.6 Å². The third-order valence-corrected chi connectivity index (χ3v) is 5.75. The van der Waals surface area contributed by atoms with Gasteiger partial charge < -0.3 is 15.2 Å². The zero-order chi connectivity index (χ0) is 18.2. The molecule has 25 heavy (non-hydrogen) atoms. The van der Waals surface area contributed by atoms with Gasteiger partial charge in [0, 0.05) is 32.2 Å². The van der Waals surface area contributed by atoms with Gasteiger partial charge in [0.05, 0.1) is 14.8 Å². The Balaban J connectivity index is 1.65. The first-order valence-corrected chi connectivity index (χ1v) is 9.05. The maximum Gasteiger partial charge on any atom is 0.276 e. The molecule has 134 valence electrons. The van der Waals surface area contributed by atoms with Gasteiger partial charge >= 0.3 is 0 Å². The monoisotopic (exact) mass is 382 g/mol. The Morgan fingerprint density at radius 1 is 1.28 bits per heavy atom. The van der Waals surface area contributed by atoms with Gasteiger partial charge in [0.25, 0.3) is 5.91 Å². The molecule has 3 rings (SSSR count). The van der Waals surface area contributed by atoms with E-state index in [1.165, 1.54) is 11.3 Å². The zero-order valence-corrected chi connectivity index (χ0v) is 15.6. The molecule has 0 aliphatic carbocycles. The number of halogens is 1. The van der Waals surface area contributed by atoms with Crippen LogP contribution in [0.1, 0.15) is 24.3 Å². The minimum Gasteiger partial charge on any atom is -0.368 e. The van der Waals surface area contributed by atoms with Crippen LogP contribution in [0.3, 0.4) is 0 Å². The summed E-state index contributed by atoms with van der Waals surface area (Å²) >= 11 is 7.28. The molecule has 2 aromatic heterocycles. The first-order chi connectivity index (χ1) is 11.8. The highest BCUT2D eigenvalue weighted by Gasteiger charge is 2.36. The van der Waals surface area contributed by atoms with Crippen molar-refractivity contribution in [3.8, 4) is 10.6 Å². The number of thiophene rings is 1. The van der Waals surface area contributed by atoms with Crippen molar-refractivity contribution in [3.63, 3.8) is 0 Å². The van der Waals surface area contributed by atoms with Crippen molar-refractivity contribution in [3.05, 3.63) is 28.2 Å². The molecule has 1 saturated heterocycles. The molecule has 7 nitrogen and oxygen atoms in total. The maximum atomic E-state index is 12.6. The Kier molecular flexibility index (Phi) is 4.86. The zero-order valence-electron chi connectivity index (χ0n) is 14.0. The average molecular weight is 383 g/mol. The first-order valence-electron chi connectivity index (χ1n) is 7.85. The quantitative estimate of drug-likeness (QED) is 0.873. The molecule has 0 aromatic carbocycles. The lowest BCUT2D eigenvalue weighted by Crippen LogP contribution is -2.60. The molecular formula is C16H19ClN4O3S. The van der Waals surface area contributed by atoms with Crippen LogP contribution in [-0.4, -0.2) is 58.5 Å². The van der Waals surface area contributed by atoms with Crippen molar-refractivity contribution < 1.29 is 14.1 Å². The molecule has 3 heterocycles. The van der Waals surface area contributed by atoms with Crippen LogP contribution in [0.5, 0.6) is 0 Å². The molecule has 0 atom stereocenters. The number of carbonyl (C=O) groups is 2. The van der Waals surface area contributed by atoms with E-state index in [4.69, 9.17) is 21.9 Å². The maximum absolute atomic E-state index is 12.6. The predicted octanol–water partition coefficient (Wildman–Crippen LogP) is 2.08. The van der Waals surface area contributed by atoms with Gasteiger partial charge in [-0.2, -0.15) is 0 Å². The minimum absolute atomic E-state index is 0.186. The normalized spacial score (nSPS) is 16.2. The summed E-state index contributed by atoms with van der Waals surface area (Å²) in [5.74, 6) is -0.0361. The third kappa shape index (κ3) is 3.56. The van der Waals surface area contributed by atoms with Crippen LogP contribution >= 0.6 is 22.9 Å². The highest BCUT2D eigenvalue weighted by Crippen LogP contribution is 2.31. The Morgan fingerprint density at radius 2 is 1.96 bits per heavy atom. The molecule has 0 saturated carbocycles. The fourth-order valence-electron chi connectivity index (χ4n) is 2.73. The summed E-state index contributed by atoms with van der Waals surface area (Å²) in [6.07, 6.45) is 0. The van der Waals surface area contributed by atoms with Crippen molar-refractivity contribution in [2.75, 3.05) is 26.2 Å². The van der Waals surface area contributed by atoms with E-state index in [-0.39, 0.29) is 17.5 Å². The Labute approximate surface area is 154 Å². The Hall–Kier alpha value is -1.90. The number of amides is 2. The largest absolute Gasteiger partial charge is 0.368 e. The third-order valence-electron chi connectivity index (χ3n) is 4.51. The summed E-state index contributed by atoms with van der Waals surface area (Å²) in [5.41, 5.74) is 4.99. The number of hydrogen-bond donors (Lipinski definition) is 1. The predicted molar refractivity (Wildman–Crippen MR) is 95.6 cm³/mol. The van der Waals surface area contributed by atoms with E-state index in [1.807, 2.05) is 11.0 Å².